The van der Waals surface area contributed by atoms with E-state index in [9.17, 15) is 13.2 Å². The van der Waals surface area contributed by atoms with Gasteiger partial charge in [0.2, 0.25) is 10.0 Å². The molecule has 118 valence electrons. The van der Waals surface area contributed by atoms with Crippen LogP contribution in [-0.4, -0.2) is 49.6 Å². The summed E-state index contributed by atoms with van der Waals surface area (Å²) in [5.41, 5.74) is 0.328. The zero-order valence-electron chi connectivity index (χ0n) is 12.3. The maximum absolute atomic E-state index is 12.5. The van der Waals surface area contributed by atoms with Crippen LogP contribution in [0.3, 0.4) is 0 Å². The van der Waals surface area contributed by atoms with Crippen LogP contribution < -0.4 is 5.14 Å². The van der Waals surface area contributed by atoms with Crippen molar-refractivity contribution in [2.45, 2.75) is 30.8 Å². The van der Waals surface area contributed by atoms with Crippen molar-refractivity contribution < 1.29 is 17.9 Å². The van der Waals surface area contributed by atoms with E-state index in [1.165, 1.54) is 16.8 Å². The molecule has 2 N–H and O–H groups in total. The van der Waals surface area contributed by atoms with Gasteiger partial charge in [0.15, 0.2) is 0 Å². The van der Waals surface area contributed by atoms with E-state index in [0.717, 1.165) is 12.8 Å². The zero-order chi connectivity index (χ0) is 15.6. The first kappa shape index (κ1) is 16.0. The van der Waals surface area contributed by atoms with Crippen LogP contribution in [0.15, 0.2) is 17.2 Å². The first-order chi connectivity index (χ1) is 9.82. The third kappa shape index (κ3) is 3.63. The number of hydrogen-bond donors (Lipinski definition) is 1. The number of hydrogen-bond acceptors (Lipinski definition) is 4. The number of ether oxygens (including phenoxy) is 1. The van der Waals surface area contributed by atoms with Crippen molar-refractivity contribution in [1.82, 2.24) is 9.47 Å². The van der Waals surface area contributed by atoms with Crippen LogP contribution in [0.1, 0.15) is 30.3 Å². The minimum Gasteiger partial charge on any atom is -0.378 e. The second-order valence-electron chi connectivity index (χ2n) is 5.16. The third-order valence-corrected chi connectivity index (χ3v) is 4.54. The standard InChI is InChI=1S/C13H21N3O4S/c1-3-20-10-4-6-16(7-5-10)13(17)12-8-11(9-15(12)2)21(14,18)19/h8-10H,3-7H2,1-2H3,(H2,14,18,19). The highest BCUT2D eigenvalue weighted by Gasteiger charge is 2.26. The van der Waals surface area contributed by atoms with E-state index in [4.69, 9.17) is 9.88 Å². The van der Waals surface area contributed by atoms with Gasteiger partial charge in [-0.3, -0.25) is 4.79 Å². The average Bonchev–Trinajstić information content (AvgIpc) is 2.81. The predicted molar refractivity (Wildman–Crippen MR) is 77.3 cm³/mol. The van der Waals surface area contributed by atoms with E-state index in [-0.39, 0.29) is 16.9 Å². The van der Waals surface area contributed by atoms with Crippen molar-refractivity contribution in [2.24, 2.45) is 12.2 Å². The Labute approximate surface area is 124 Å². The molecular formula is C13H21N3O4S. The second kappa shape index (κ2) is 6.17. The van der Waals surface area contributed by atoms with E-state index in [1.54, 1.807) is 11.9 Å². The Hall–Kier alpha value is -1.38. The number of carbonyl (C=O) groups excluding carboxylic acids is 1. The number of nitrogens with two attached hydrogens (primary N) is 1. The lowest BCUT2D eigenvalue weighted by molar-refractivity contribution is 0.0143. The van der Waals surface area contributed by atoms with Gasteiger partial charge in [0.1, 0.15) is 10.6 Å². The van der Waals surface area contributed by atoms with E-state index in [2.05, 4.69) is 0 Å². The van der Waals surface area contributed by atoms with E-state index >= 15 is 0 Å². The Morgan fingerprint density at radius 3 is 2.52 bits per heavy atom. The smallest absolute Gasteiger partial charge is 0.270 e. The maximum atomic E-state index is 12.5. The summed E-state index contributed by atoms with van der Waals surface area (Å²) in [5, 5.41) is 5.09. The zero-order valence-corrected chi connectivity index (χ0v) is 13.1. The molecule has 1 aromatic heterocycles. The molecule has 0 aromatic carbocycles. The van der Waals surface area contributed by atoms with Gasteiger partial charge in [-0.2, -0.15) is 0 Å². The van der Waals surface area contributed by atoms with Crippen LogP contribution in [0.4, 0.5) is 0 Å². The molecule has 2 rings (SSSR count). The molecule has 1 amide bonds. The normalized spacial score (nSPS) is 17.2. The topological polar surface area (TPSA) is 94.6 Å². The van der Waals surface area contributed by atoms with Crippen molar-refractivity contribution in [3.05, 3.63) is 18.0 Å². The summed E-state index contributed by atoms with van der Waals surface area (Å²) in [4.78, 5) is 14.1. The fourth-order valence-electron chi connectivity index (χ4n) is 2.53. The number of amides is 1. The molecule has 1 aliphatic heterocycles. The van der Waals surface area contributed by atoms with Crippen molar-refractivity contribution in [1.29, 1.82) is 0 Å². The van der Waals surface area contributed by atoms with E-state index < -0.39 is 10.0 Å². The molecule has 0 unspecified atom stereocenters. The van der Waals surface area contributed by atoms with Gasteiger partial charge < -0.3 is 14.2 Å². The SMILES string of the molecule is CCOC1CCN(C(=O)c2cc(S(N)(=O)=O)cn2C)CC1. The van der Waals surface area contributed by atoms with Crippen LogP contribution in [0.5, 0.6) is 0 Å². The van der Waals surface area contributed by atoms with Gasteiger partial charge in [0.25, 0.3) is 5.91 Å². The van der Waals surface area contributed by atoms with Gasteiger partial charge >= 0.3 is 0 Å². The molecule has 0 atom stereocenters. The molecule has 0 spiro atoms. The van der Waals surface area contributed by atoms with Crippen LogP contribution in [0, 0.1) is 0 Å². The summed E-state index contributed by atoms with van der Waals surface area (Å²) in [5.74, 6) is -0.178. The number of likely N-dealkylation sites (tertiary alicyclic amines) is 1. The number of sulfonamides is 1. The lowest BCUT2D eigenvalue weighted by Gasteiger charge is -2.31. The Bertz CT molecular complexity index is 615. The largest absolute Gasteiger partial charge is 0.378 e. The van der Waals surface area contributed by atoms with Crippen LogP contribution in [0.25, 0.3) is 0 Å². The van der Waals surface area contributed by atoms with Crippen LogP contribution in [0.2, 0.25) is 0 Å². The first-order valence-electron chi connectivity index (χ1n) is 6.93. The summed E-state index contributed by atoms with van der Waals surface area (Å²) in [6, 6.07) is 1.33. The Kier molecular flexibility index (Phi) is 4.70. The third-order valence-electron chi connectivity index (χ3n) is 3.66. The minimum atomic E-state index is -3.80. The molecule has 1 aliphatic rings. The summed E-state index contributed by atoms with van der Waals surface area (Å²) >= 11 is 0. The summed E-state index contributed by atoms with van der Waals surface area (Å²) in [6.45, 7) is 3.85. The number of piperidine rings is 1. The number of aromatic nitrogens is 1. The molecule has 0 radical (unpaired) electrons. The molecule has 0 bridgehead atoms. The highest BCUT2D eigenvalue weighted by molar-refractivity contribution is 7.89. The Morgan fingerprint density at radius 1 is 1.43 bits per heavy atom. The van der Waals surface area contributed by atoms with Crippen molar-refractivity contribution in [3.63, 3.8) is 0 Å². The summed E-state index contributed by atoms with van der Waals surface area (Å²) < 4.78 is 29.7. The average molecular weight is 315 g/mol. The van der Waals surface area contributed by atoms with Gasteiger partial charge in [-0.15, -0.1) is 0 Å². The highest BCUT2D eigenvalue weighted by atomic mass is 32.2. The van der Waals surface area contributed by atoms with Gasteiger partial charge in [-0.1, -0.05) is 0 Å². The highest BCUT2D eigenvalue weighted by Crippen LogP contribution is 2.18. The lowest BCUT2D eigenvalue weighted by Crippen LogP contribution is -2.41. The fraction of sp³-hybridized carbons (Fsp3) is 0.615. The fourth-order valence-corrected chi connectivity index (χ4v) is 3.11. The van der Waals surface area contributed by atoms with Crippen molar-refractivity contribution in [2.75, 3.05) is 19.7 Å². The molecule has 1 aromatic rings. The summed E-state index contributed by atoms with van der Waals surface area (Å²) in [6.07, 6.45) is 3.15. The molecule has 21 heavy (non-hydrogen) atoms. The number of aryl methyl sites for hydroxylation is 1. The minimum absolute atomic E-state index is 0.0439. The molecule has 1 fully saturated rings. The van der Waals surface area contributed by atoms with E-state index in [0.29, 0.717) is 25.4 Å². The summed E-state index contributed by atoms with van der Waals surface area (Å²) in [7, 11) is -2.16. The molecule has 2 heterocycles. The number of carbonyl (C=O) groups is 1. The molecule has 1 saturated heterocycles. The second-order valence-corrected chi connectivity index (χ2v) is 6.73. The monoisotopic (exact) mass is 315 g/mol. The Balaban J connectivity index is 2.10. The number of rotatable bonds is 4. The van der Waals surface area contributed by atoms with Gasteiger partial charge in [0.05, 0.1) is 6.10 Å². The molecule has 7 nitrogen and oxygen atoms in total. The predicted octanol–water partition coefficient (Wildman–Crippen LogP) is 0.314. The molecule has 8 heteroatoms. The first-order valence-corrected chi connectivity index (χ1v) is 8.47. The molecular weight excluding hydrogens is 294 g/mol. The van der Waals surface area contributed by atoms with Crippen LogP contribution in [-0.2, 0) is 21.8 Å². The van der Waals surface area contributed by atoms with Crippen molar-refractivity contribution in [3.8, 4) is 0 Å². The van der Waals surface area contributed by atoms with Crippen molar-refractivity contribution >= 4 is 15.9 Å². The van der Waals surface area contributed by atoms with Crippen LogP contribution >= 0.6 is 0 Å². The van der Waals surface area contributed by atoms with Gasteiger partial charge in [-0.25, -0.2) is 13.6 Å². The van der Waals surface area contributed by atoms with Gasteiger partial charge in [0, 0.05) is 32.9 Å². The number of primary sulfonamides is 1. The number of nitrogens with zero attached hydrogens (tertiary/aromatic N) is 2. The quantitative estimate of drug-likeness (QED) is 0.865. The lowest BCUT2D eigenvalue weighted by atomic mass is 10.1. The molecule has 0 aliphatic carbocycles. The van der Waals surface area contributed by atoms with E-state index in [1.807, 2.05) is 6.92 Å². The Morgan fingerprint density at radius 2 is 2.05 bits per heavy atom. The van der Waals surface area contributed by atoms with Gasteiger partial charge in [-0.05, 0) is 25.8 Å². The maximum Gasteiger partial charge on any atom is 0.270 e. The molecule has 0 saturated carbocycles.